The van der Waals surface area contributed by atoms with Gasteiger partial charge in [0.1, 0.15) is 11.6 Å². The topological polar surface area (TPSA) is 29.5 Å². The lowest BCUT2D eigenvalue weighted by Gasteiger charge is -2.15. The molecule has 0 amide bonds. The quantitative estimate of drug-likeness (QED) is 0.886. The van der Waals surface area contributed by atoms with Crippen molar-refractivity contribution in [3.05, 3.63) is 28.0 Å². The lowest BCUT2D eigenvalue weighted by Crippen LogP contribution is -2.10. The molecule has 0 heterocycles. The Morgan fingerprint density at radius 3 is 2.64 bits per heavy atom. The maximum atomic E-state index is 13.5. The van der Waals surface area contributed by atoms with Crippen LogP contribution in [0.25, 0.3) is 0 Å². The fourth-order valence-corrected chi connectivity index (χ4v) is 2.03. The maximum absolute atomic E-state index is 13.5. The molecule has 0 aliphatic heterocycles. The summed E-state index contributed by atoms with van der Waals surface area (Å²) in [4.78, 5) is 0. The average molecular weight is 261 g/mol. The van der Waals surface area contributed by atoms with Gasteiger partial charge in [-0.25, -0.2) is 4.39 Å². The zero-order valence-corrected chi connectivity index (χ0v) is 9.27. The van der Waals surface area contributed by atoms with E-state index in [1.807, 2.05) is 0 Å². The minimum Gasteiger partial charge on any atom is -0.495 e. The Hall–Kier alpha value is -0.610. The lowest BCUT2D eigenvalue weighted by atomic mass is 10.1. The highest BCUT2D eigenvalue weighted by atomic mass is 79.9. The molecule has 1 fully saturated rings. The molecular weight excluding hydrogens is 251 g/mol. The first kappa shape index (κ1) is 9.93. The van der Waals surface area contributed by atoms with E-state index in [-0.39, 0.29) is 5.56 Å². The normalized spacial score (nSPS) is 18.0. The van der Waals surface area contributed by atoms with Crippen LogP contribution in [-0.4, -0.2) is 12.2 Å². The van der Waals surface area contributed by atoms with Crippen LogP contribution in [0, 0.1) is 5.82 Å². The van der Waals surface area contributed by atoms with Crippen molar-refractivity contribution in [3.8, 4) is 5.75 Å². The minimum atomic E-state index is -1.01. The minimum absolute atomic E-state index is 0.273. The Bertz CT molecular complexity index is 375. The van der Waals surface area contributed by atoms with Gasteiger partial charge < -0.3 is 9.84 Å². The van der Waals surface area contributed by atoms with E-state index in [0.717, 1.165) is 0 Å². The van der Waals surface area contributed by atoms with E-state index < -0.39 is 11.4 Å². The molecule has 0 aromatic heterocycles. The molecule has 14 heavy (non-hydrogen) atoms. The van der Waals surface area contributed by atoms with Crippen LogP contribution in [0.5, 0.6) is 5.75 Å². The highest BCUT2D eigenvalue weighted by Crippen LogP contribution is 2.51. The number of ether oxygens (including phenoxy) is 1. The Kier molecular flexibility index (Phi) is 2.27. The number of aliphatic hydroxyl groups is 1. The highest BCUT2D eigenvalue weighted by molar-refractivity contribution is 9.10. The molecule has 1 aliphatic carbocycles. The van der Waals surface area contributed by atoms with E-state index in [2.05, 4.69) is 15.9 Å². The molecule has 1 aromatic rings. The SMILES string of the molecule is COc1c(Br)ccc(F)c1C1(O)CC1. The van der Waals surface area contributed by atoms with Gasteiger partial charge in [0, 0.05) is 0 Å². The number of hydrogen-bond donors (Lipinski definition) is 1. The van der Waals surface area contributed by atoms with Gasteiger partial charge in [-0.3, -0.25) is 0 Å². The molecule has 0 saturated heterocycles. The van der Waals surface area contributed by atoms with Gasteiger partial charge in [0.15, 0.2) is 0 Å². The van der Waals surface area contributed by atoms with Crippen molar-refractivity contribution in [1.29, 1.82) is 0 Å². The molecule has 0 bridgehead atoms. The summed E-state index contributed by atoms with van der Waals surface area (Å²) in [6.45, 7) is 0. The molecule has 0 spiro atoms. The van der Waals surface area contributed by atoms with Crippen molar-refractivity contribution in [3.63, 3.8) is 0 Å². The largest absolute Gasteiger partial charge is 0.495 e. The molecule has 4 heteroatoms. The number of benzene rings is 1. The van der Waals surface area contributed by atoms with E-state index in [0.29, 0.717) is 23.1 Å². The van der Waals surface area contributed by atoms with E-state index in [9.17, 15) is 9.50 Å². The van der Waals surface area contributed by atoms with Crippen LogP contribution in [0.3, 0.4) is 0 Å². The summed E-state index contributed by atoms with van der Waals surface area (Å²) < 4.78 is 19.2. The van der Waals surface area contributed by atoms with E-state index >= 15 is 0 Å². The number of hydrogen-bond acceptors (Lipinski definition) is 2. The zero-order valence-electron chi connectivity index (χ0n) is 7.68. The summed E-state index contributed by atoms with van der Waals surface area (Å²) in [6.07, 6.45) is 1.19. The Balaban J connectivity index is 2.60. The van der Waals surface area contributed by atoms with Crippen LogP contribution in [0.1, 0.15) is 18.4 Å². The van der Waals surface area contributed by atoms with Crippen molar-refractivity contribution in [2.45, 2.75) is 18.4 Å². The monoisotopic (exact) mass is 260 g/mol. The average Bonchev–Trinajstić information content (AvgIpc) is 2.88. The summed E-state index contributed by atoms with van der Waals surface area (Å²) in [6, 6.07) is 2.90. The molecule has 1 saturated carbocycles. The molecule has 0 radical (unpaired) electrons. The van der Waals surface area contributed by atoms with Gasteiger partial charge >= 0.3 is 0 Å². The smallest absolute Gasteiger partial charge is 0.142 e. The lowest BCUT2D eigenvalue weighted by molar-refractivity contribution is 0.142. The van der Waals surface area contributed by atoms with Gasteiger partial charge in [0.05, 0.1) is 22.7 Å². The van der Waals surface area contributed by atoms with E-state index in [1.165, 1.54) is 13.2 Å². The summed E-state index contributed by atoms with van der Waals surface area (Å²) in [5.41, 5.74) is -0.742. The predicted octanol–water partition coefficient (Wildman–Crippen LogP) is 2.58. The predicted molar refractivity (Wildman–Crippen MR) is 53.8 cm³/mol. The second-order valence-electron chi connectivity index (χ2n) is 3.47. The van der Waals surface area contributed by atoms with Crippen molar-refractivity contribution in [1.82, 2.24) is 0 Å². The molecule has 1 aromatic carbocycles. The van der Waals surface area contributed by atoms with Crippen molar-refractivity contribution in [2.24, 2.45) is 0 Å². The van der Waals surface area contributed by atoms with E-state index in [1.54, 1.807) is 6.07 Å². The van der Waals surface area contributed by atoms with Crippen LogP contribution >= 0.6 is 15.9 Å². The van der Waals surface area contributed by atoms with Gasteiger partial charge in [-0.15, -0.1) is 0 Å². The third-order valence-electron chi connectivity index (χ3n) is 2.45. The zero-order chi connectivity index (χ0) is 10.3. The van der Waals surface area contributed by atoms with Crippen LogP contribution in [0.2, 0.25) is 0 Å². The fraction of sp³-hybridized carbons (Fsp3) is 0.400. The van der Waals surface area contributed by atoms with Crippen molar-refractivity contribution < 1.29 is 14.2 Å². The van der Waals surface area contributed by atoms with Gasteiger partial charge in [0.25, 0.3) is 0 Å². The first-order valence-corrected chi connectivity index (χ1v) is 5.12. The summed E-state index contributed by atoms with van der Waals surface area (Å²) >= 11 is 3.26. The molecule has 1 N–H and O–H groups in total. The Morgan fingerprint density at radius 1 is 1.50 bits per heavy atom. The van der Waals surface area contributed by atoms with Crippen LogP contribution < -0.4 is 4.74 Å². The standard InChI is InChI=1S/C10H10BrFO2/c1-14-9-6(11)2-3-7(12)8(9)10(13)4-5-10/h2-3,13H,4-5H2,1H3. The highest BCUT2D eigenvalue weighted by Gasteiger charge is 2.46. The van der Waals surface area contributed by atoms with Crippen molar-refractivity contribution in [2.75, 3.05) is 7.11 Å². The summed E-state index contributed by atoms with van der Waals surface area (Å²) in [7, 11) is 1.47. The molecule has 2 nitrogen and oxygen atoms in total. The Labute approximate surface area is 89.8 Å². The van der Waals surface area contributed by atoms with Crippen molar-refractivity contribution >= 4 is 15.9 Å². The maximum Gasteiger partial charge on any atom is 0.142 e. The fourth-order valence-electron chi connectivity index (χ4n) is 1.53. The van der Waals surface area contributed by atoms with E-state index in [4.69, 9.17) is 4.74 Å². The first-order valence-electron chi connectivity index (χ1n) is 4.33. The summed E-state index contributed by atoms with van der Waals surface area (Å²) in [5, 5.41) is 9.88. The van der Waals surface area contributed by atoms with Crippen LogP contribution in [-0.2, 0) is 5.60 Å². The van der Waals surface area contributed by atoms with Crippen LogP contribution in [0.15, 0.2) is 16.6 Å². The molecule has 0 unspecified atom stereocenters. The van der Waals surface area contributed by atoms with Gasteiger partial charge in [-0.05, 0) is 40.9 Å². The van der Waals surface area contributed by atoms with Crippen LogP contribution in [0.4, 0.5) is 4.39 Å². The second kappa shape index (κ2) is 3.21. The molecule has 76 valence electrons. The second-order valence-corrected chi connectivity index (χ2v) is 4.32. The Morgan fingerprint density at radius 2 is 2.14 bits per heavy atom. The summed E-state index contributed by atoms with van der Waals surface area (Å²) in [5.74, 6) is -0.0185. The number of halogens is 2. The van der Waals surface area contributed by atoms with Gasteiger partial charge in [0.2, 0.25) is 0 Å². The third kappa shape index (κ3) is 1.42. The molecule has 0 atom stereocenters. The van der Waals surface area contributed by atoms with Gasteiger partial charge in [-0.1, -0.05) is 0 Å². The number of methoxy groups -OCH3 is 1. The third-order valence-corrected chi connectivity index (χ3v) is 3.08. The van der Waals surface area contributed by atoms with Gasteiger partial charge in [-0.2, -0.15) is 0 Å². The number of rotatable bonds is 2. The molecule has 2 rings (SSSR count). The first-order chi connectivity index (χ1) is 6.58. The molecule has 1 aliphatic rings. The molecular formula is C10H10BrFO2.